The Morgan fingerprint density at radius 2 is 2.18 bits per heavy atom. The van der Waals surface area contributed by atoms with Gasteiger partial charge in [0.1, 0.15) is 0 Å². The molecule has 2 rings (SSSR count). The zero-order chi connectivity index (χ0) is 12.4. The van der Waals surface area contributed by atoms with Gasteiger partial charge in [-0.3, -0.25) is 4.79 Å². The topological polar surface area (TPSA) is 32.9 Å². The fourth-order valence-electron chi connectivity index (χ4n) is 2.27. The van der Waals surface area contributed by atoms with Crippen molar-refractivity contribution in [1.29, 1.82) is 0 Å². The lowest BCUT2D eigenvalue weighted by atomic mass is 9.95. The van der Waals surface area contributed by atoms with Crippen LogP contribution in [0.2, 0.25) is 0 Å². The number of carbonyl (C=O) groups is 1. The second-order valence-electron chi connectivity index (χ2n) is 4.81. The molecule has 0 aliphatic heterocycles. The third-order valence-corrected chi connectivity index (χ3v) is 3.27. The van der Waals surface area contributed by atoms with Crippen LogP contribution < -0.4 is 0 Å². The minimum Gasteiger partial charge on any atom is -0.360 e. The van der Waals surface area contributed by atoms with E-state index < -0.39 is 0 Å². The predicted molar refractivity (Wildman–Crippen MR) is 71.4 cm³/mol. The fourth-order valence-corrected chi connectivity index (χ4v) is 2.27. The van der Waals surface area contributed by atoms with E-state index in [4.69, 9.17) is 0 Å². The first-order valence-electron chi connectivity index (χ1n) is 6.25. The maximum Gasteiger partial charge on any atom is 0.167 e. The van der Waals surface area contributed by atoms with Crippen molar-refractivity contribution in [3.05, 3.63) is 35.5 Å². The molecule has 1 aromatic heterocycles. The zero-order valence-electron chi connectivity index (χ0n) is 10.7. The van der Waals surface area contributed by atoms with E-state index in [0.29, 0.717) is 0 Å². The molecular formula is C15H19NO. The minimum absolute atomic E-state index is 0.111. The quantitative estimate of drug-likeness (QED) is 0.787. The number of Topliss-reactive ketones (excluding diaryl/α,β-unsaturated/α-hetero) is 1. The van der Waals surface area contributed by atoms with Crippen LogP contribution in [-0.4, -0.2) is 10.8 Å². The molecule has 1 heterocycles. The molecule has 0 radical (unpaired) electrons. The molecule has 1 unspecified atom stereocenters. The lowest BCUT2D eigenvalue weighted by Crippen LogP contribution is -2.10. The largest absolute Gasteiger partial charge is 0.360 e. The van der Waals surface area contributed by atoms with Crippen molar-refractivity contribution in [2.45, 2.75) is 33.6 Å². The number of carbonyl (C=O) groups excluding carboxylic acids is 1. The number of aromatic amines is 1. The Kier molecular flexibility index (Phi) is 3.32. The van der Waals surface area contributed by atoms with Gasteiger partial charge in [-0.2, -0.15) is 0 Å². The molecule has 0 aliphatic rings. The van der Waals surface area contributed by atoms with Crippen LogP contribution >= 0.6 is 0 Å². The van der Waals surface area contributed by atoms with Crippen molar-refractivity contribution >= 4 is 16.7 Å². The molecule has 0 bridgehead atoms. The third-order valence-electron chi connectivity index (χ3n) is 3.27. The molecule has 2 nitrogen and oxygen atoms in total. The number of fused-ring (bicyclic) bond motifs is 1. The van der Waals surface area contributed by atoms with E-state index in [0.717, 1.165) is 29.3 Å². The molecule has 1 N–H and O–H groups in total. The summed E-state index contributed by atoms with van der Waals surface area (Å²) in [6.45, 7) is 6.18. The van der Waals surface area contributed by atoms with Gasteiger partial charge in [-0.1, -0.05) is 32.4 Å². The Balaban J connectivity index is 2.39. The molecule has 1 atom stereocenters. The molecule has 0 spiro atoms. The summed E-state index contributed by atoms with van der Waals surface area (Å²) in [6, 6.07) is 6.17. The zero-order valence-corrected chi connectivity index (χ0v) is 10.7. The van der Waals surface area contributed by atoms with Gasteiger partial charge in [-0.05, 0) is 25.0 Å². The molecular weight excluding hydrogens is 210 g/mol. The molecule has 2 aromatic rings. The molecule has 90 valence electrons. The summed E-state index contributed by atoms with van der Waals surface area (Å²) in [5.74, 6) is 0.363. The molecule has 2 heteroatoms. The van der Waals surface area contributed by atoms with Crippen LogP contribution in [0.4, 0.5) is 0 Å². The lowest BCUT2D eigenvalue weighted by molar-refractivity contribution is 0.0925. The predicted octanol–water partition coefficient (Wildman–Crippen LogP) is 4.10. The van der Waals surface area contributed by atoms with E-state index in [9.17, 15) is 4.79 Å². The highest BCUT2D eigenvalue weighted by atomic mass is 16.1. The van der Waals surface area contributed by atoms with Crippen molar-refractivity contribution < 1.29 is 4.79 Å². The highest BCUT2D eigenvalue weighted by Gasteiger charge is 2.17. The molecule has 1 aromatic carbocycles. The highest BCUT2D eigenvalue weighted by Crippen LogP contribution is 2.23. The first-order valence-corrected chi connectivity index (χ1v) is 6.25. The summed E-state index contributed by atoms with van der Waals surface area (Å²) in [5.41, 5.74) is 3.10. The third kappa shape index (κ3) is 2.26. The number of benzene rings is 1. The summed E-state index contributed by atoms with van der Waals surface area (Å²) >= 11 is 0. The Hall–Kier alpha value is -1.57. The standard InChI is InChI=1S/C15H19NO/c1-4-5-11(3)15(17)13-9-16-14-8-10(2)6-7-12(13)14/h6-9,11,16H,4-5H2,1-3H3. The van der Waals surface area contributed by atoms with E-state index in [-0.39, 0.29) is 11.7 Å². The minimum atomic E-state index is 0.111. The first kappa shape index (κ1) is 11.9. The number of H-pyrrole nitrogens is 1. The molecule has 17 heavy (non-hydrogen) atoms. The normalized spacial score (nSPS) is 12.9. The second-order valence-corrected chi connectivity index (χ2v) is 4.81. The van der Waals surface area contributed by atoms with Crippen LogP contribution in [0.25, 0.3) is 10.9 Å². The first-order chi connectivity index (χ1) is 8.13. The van der Waals surface area contributed by atoms with E-state index in [1.807, 2.05) is 19.2 Å². The summed E-state index contributed by atoms with van der Waals surface area (Å²) in [7, 11) is 0. The van der Waals surface area contributed by atoms with Crippen LogP contribution in [0.1, 0.15) is 42.6 Å². The van der Waals surface area contributed by atoms with Gasteiger partial charge in [0.25, 0.3) is 0 Å². The van der Waals surface area contributed by atoms with Crippen LogP contribution in [0.5, 0.6) is 0 Å². The molecule has 0 aliphatic carbocycles. The van der Waals surface area contributed by atoms with Crippen LogP contribution in [0.3, 0.4) is 0 Å². The number of nitrogens with one attached hydrogen (secondary N) is 1. The van der Waals surface area contributed by atoms with E-state index in [2.05, 4.69) is 31.0 Å². The Morgan fingerprint density at radius 3 is 2.88 bits per heavy atom. The number of hydrogen-bond donors (Lipinski definition) is 1. The molecule has 0 saturated carbocycles. The number of aromatic nitrogens is 1. The molecule has 0 fully saturated rings. The summed E-state index contributed by atoms with van der Waals surface area (Å²) in [5, 5.41) is 1.04. The maximum atomic E-state index is 12.3. The van der Waals surface area contributed by atoms with Gasteiger partial charge >= 0.3 is 0 Å². The van der Waals surface area contributed by atoms with Crippen molar-refractivity contribution in [2.24, 2.45) is 5.92 Å². The Bertz CT molecular complexity index is 539. The summed E-state index contributed by atoms with van der Waals surface area (Å²) in [4.78, 5) is 15.5. The number of hydrogen-bond acceptors (Lipinski definition) is 1. The van der Waals surface area contributed by atoms with Gasteiger partial charge < -0.3 is 4.98 Å². The van der Waals surface area contributed by atoms with Gasteiger partial charge in [0.2, 0.25) is 0 Å². The lowest BCUT2D eigenvalue weighted by Gasteiger charge is -2.07. The molecule has 0 saturated heterocycles. The van der Waals surface area contributed by atoms with Crippen molar-refractivity contribution in [1.82, 2.24) is 4.98 Å². The average molecular weight is 229 g/mol. The van der Waals surface area contributed by atoms with Crippen molar-refractivity contribution in [2.75, 3.05) is 0 Å². The SMILES string of the molecule is CCCC(C)C(=O)c1c[nH]c2cc(C)ccc12. The Morgan fingerprint density at radius 1 is 1.41 bits per heavy atom. The van der Waals surface area contributed by atoms with Crippen LogP contribution in [0, 0.1) is 12.8 Å². The monoisotopic (exact) mass is 229 g/mol. The van der Waals surface area contributed by atoms with E-state index in [1.165, 1.54) is 5.56 Å². The average Bonchev–Trinajstić information content (AvgIpc) is 2.71. The van der Waals surface area contributed by atoms with Gasteiger partial charge in [0.15, 0.2) is 5.78 Å². The summed E-state index contributed by atoms with van der Waals surface area (Å²) < 4.78 is 0. The van der Waals surface area contributed by atoms with Gasteiger partial charge in [0, 0.05) is 28.6 Å². The van der Waals surface area contributed by atoms with Crippen molar-refractivity contribution in [3.8, 4) is 0 Å². The van der Waals surface area contributed by atoms with E-state index >= 15 is 0 Å². The molecule has 0 amide bonds. The summed E-state index contributed by atoms with van der Waals surface area (Å²) in [6.07, 6.45) is 3.85. The smallest absolute Gasteiger partial charge is 0.167 e. The van der Waals surface area contributed by atoms with E-state index in [1.54, 1.807) is 0 Å². The van der Waals surface area contributed by atoms with Gasteiger partial charge in [-0.15, -0.1) is 0 Å². The highest BCUT2D eigenvalue weighted by molar-refractivity contribution is 6.08. The number of ketones is 1. The maximum absolute atomic E-state index is 12.3. The van der Waals surface area contributed by atoms with Gasteiger partial charge in [-0.25, -0.2) is 0 Å². The number of aryl methyl sites for hydroxylation is 1. The van der Waals surface area contributed by atoms with Gasteiger partial charge in [0.05, 0.1) is 0 Å². The Labute approximate surface area is 102 Å². The van der Waals surface area contributed by atoms with Crippen LogP contribution in [0.15, 0.2) is 24.4 Å². The number of rotatable bonds is 4. The second kappa shape index (κ2) is 4.74. The fraction of sp³-hybridized carbons (Fsp3) is 0.400. The van der Waals surface area contributed by atoms with Crippen molar-refractivity contribution in [3.63, 3.8) is 0 Å². The van der Waals surface area contributed by atoms with Crippen LogP contribution in [-0.2, 0) is 0 Å².